The molecule has 0 aromatic carbocycles. The van der Waals surface area contributed by atoms with Crippen LogP contribution in [0.15, 0.2) is 0 Å². The van der Waals surface area contributed by atoms with Gasteiger partial charge in [-0.2, -0.15) is 0 Å². The van der Waals surface area contributed by atoms with Crippen LogP contribution in [0.1, 0.15) is 47.0 Å². The van der Waals surface area contributed by atoms with E-state index in [1.165, 1.54) is 26.9 Å². The maximum Gasteiger partial charge on any atom is 0.330 e. The van der Waals surface area contributed by atoms with Gasteiger partial charge in [0.2, 0.25) is 5.91 Å². The van der Waals surface area contributed by atoms with Crippen LogP contribution in [0.25, 0.3) is 0 Å². The first-order valence-corrected chi connectivity index (χ1v) is 7.69. The molecule has 2 fully saturated rings. The number of rotatable bonds is 5. The molecule has 0 heterocycles. The number of fused-ring (bicyclic) bond motifs is 2. The lowest BCUT2D eigenvalue weighted by Gasteiger charge is -2.39. The molecule has 5 heteroatoms. The van der Waals surface area contributed by atoms with Crippen LogP contribution < -0.4 is 5.32 Å². The van der Waals surface area contributed by atoms with Gasteiger partial charge in [0.1, 0.15) is 0 Å². The Balaban J connectivity index is 1.99. The predicted octanol–water partition coefficient (Wildman–Crippen LogP) is 1.90. The lowest BCUT2D eigenvalue weighted by atomic mass is 9.70. The normalized spacial score (nSPS) is 34.5. The number of hydrogen-bond donors (Lipinski definition) is 1. The molecule has 2 aliphatic rings. The zero-order valence-electron chi connectivity index (χ0n) is 13.7. The van der Waals surface area contributed by atoms with Crippen molar-refractivity contribution in [3.63, 3.8) is 0 Å². The Morgan fingerprint density at radius 2 is 2.00 bits per heavy atom. The Hall–Kier alpha value is -1.10. The molecule has 0 aromatic rings. The van der Waals surface area contributed by atoms with E-state index >= 15 is 0 Å². The van der Waals surface area contributed by atoms with Gasteiger partial charge >= 0.3 is 5.97 Å². The lowest BCUT2D eigenvalue weighted by molar-refractivity contribution is -0.148. The van der Waals surface area contributed by atoms with E-state index in [4.69, 9.17) is 9.47 Å². The van der Waals surface area contributed by atoms with Crippen molar-refractivity contribution in [2.45, 2.75) is 59.1 Å². The Labute approximate surface area is 126 Å². The molecule has 5 nitrogen and oxygen atoms in total. The average molecular weight is 297 g/mol. The zero-order chi connectivity index (χ0) is 15.8. The van der Waals surface area contributed by atoms with Crippen molar-refractivity contribution in [1.82, 2.24) is 5.32 Å². The molecule has 2 saturated carbocycles. The van der Waals surface area contributed by atoms with Crippen molar-refractivity contribution < 1.29 is 19.1 Å². The van der Waals surface area contributed by atoms with Gasteiger partial charge in [0.05, 0.1) is 19.8 Å². The summed E-state index contributed by atoms with van der Waals surface area (Å²) in [5.41, 5.74) is 0.418. The summed E-state index contributed by atoms with van der Waals surface area (Å²) < 4.78 is 10.8. The number of methoxy groups -OCH3 is 1. The second-order valence-electron chi connectivity index (χ2n) is 7.21. The summed E-state index contributed by atoms with van der Waals surface area (Å²) in [4.78, 5) is 22.9. The number of amides is 1. The van der Waals surface area contributed by atoms with Gasteiger partial charge in [0.25, 0.3) is 0 Å². The maximum absolute atomic E-state index is 11.7. The molecule has 21 heavy (non-hydrogen) atoms. The maximum atomic E-state index is 11.7. The fourth-order valence-corrected chi connectivity index (χ4v) is 4.15. The van der Waals surface area contributed by atoms with E-state index in [1.54, 1.807) is 0 Å². The summed E-state index contributed by atoms with van der Waals surface area (Å²) in [6, 6.07) is -0.724. The highest BCUT2D eigenvalue weighted by Crippen LogP contribution is 2.66. The number of carbonyl (C=O) groups is 2. The number of ether oxygens (including phenoxy) is 2. The van der Waals surface area contributed by atoms with E-state index in [-0.39, 0.29) is 29.4 Å². The number of carbonyl (C=O) groups excluding carboxylic acids is 2. The molecule has 1 N–H and O–H groups in total. The van der Waals surface area contributed by atoms with Gasteiger partial charge in [-0.3, -0.25) is 4.79 Å². The molecule has 2 rings (SSSR count). The van der Waals surface area contributed by atoms with Crippen molar-refractivity contribution in [2.24, 2.45) is 16.7 Å². The van der Waals surface area contributed by atoms with E-state index in [1.807, 2.05) is 0 Å². The van der Waals surface area contributed by atoms with E-state index in [0.29, 0.717) is 5.92 Å². The van der Waals surface area contributed by atoms with Crippen molar-refractivity contribution in [2.75, 3.05) is 13.7 Å². The Kier molecular flexibility index (Phi) is 4.34. The van der Waals surface area contributed by atoms with Crippen molar-refractivity contribution >= 4 is 11.9 Å². The largest absolute Gasteiger partial charge is 0.467 e. The molecule has 0 aliphatic heterocycles. The molecule has 0 saturated heterocycles. The Morgan fingerprint density at radius 3 is 2.43 bits per heavy atom. The minimum absolute atomic E-state index is 0.146. The third-order valence-electron chi connectivity index (χ3n) is 6.04. The van der Waals surface area contributed by atoms with Gasteiger partial charge in [0, 0.05) is 6.92 Å². The number of nitrogens with one attached hydrogen (secondary N) is 1. The topological polar surface area (TPSA) is 64.6 Å². The van der Waals surface area contributed by atoms with Crippen molar-refractivity contribution in [1.29, 1.82) is 0 Å². The summed E-state index contributed by atoms with van der Waals surface area (Å²) in [7, 11) is 1.32. The summed E-state index contributed by atoms with van der Waals surface area (Å²) in [5.74, 6) is -0.0314. The zero-order valence-corrected chi connectivity index (χ0v) is 13.7. The summed E-state index contributed by atoms with van der Waals surface area (Å²) in [6.07, 6.45) is 3.61. The van der Waals surface area contributed by atoms with Crippen LogP contribution in [-0.2, 0) is 19.1 Å². The van der Waals surface area contributed by atoms with Crippen LogP contribution in [0, 0.1) is 16.7 Å². The van der Waals surface area contributed by atoms with Gasteiger partial charge in [-0.05, 0) is 36.0 Å². The van der Waals surface area contributed by atoms with Crippen LogP contribution in [0.5, 0.6) is 0 Å². The quantitative estimate of drug-likeness (QED) is 0.787. The third-order valence-corrected chi connectivity index (χ3v) is 6.04. The second-order valence-corrected chi connectivity index (χ2v) is 7.21. The molecule has 120 valence electrons. The van der Waals surface area contributed by atoms with Gasteiger partial charge in [-0.15, -0.1) is 0 Å². The monoisotopic (exact) mass is 297 g/mol. The molecule has 4 atom stereocenters. The summed E-state index contributed by atoms with van der Waals surface area (Å²) >= 11 is 0. The van der Waals surface area contributed by atoms with Gasteiger partial charge in [-0.1, -0.05) is 20.8 Å². The highest BCUT2D eigenvalue weighted by atomic mass is 16.5. The molecule has 0 aromatic heterocycles. The fourth-order valence-electron chi connectivity index (χ4n) is 4.15. The van der Waals surface area contributed by atoms with E-state index in [0.717, 1.165) is 6.42 Å². The third kappa shape index (κ3) is 2.68. The van der Waals surface area contributed by atoms with Gasteiger partial charge in [-0.25, -0.2) is 4.79 Å². The van der Waals surface area contributed by atoms with Crippen molar-refractivity contribution in [3.05, 3.63) is 0 Å². The van der Waals surface area contributed by atoms with E-state index in [2.05, 4.69) is 26.1 Å². The predicted molar refractivity (Wildman–Crippen MR) is 78.6 cm³/mol. The fraction of sp³-hybridized carbons (Fsp3) is 0.875. The Bertz CT molecular complexity index is 434. The first-order valence-electron chi connectivity index (χ1n) is 7.69. The molecule has 2 bridgehead atoms. The van der Waals surface area contributed by atoms with Crippen LogP contribution in [-0.4, -0.2) is 37.7 Å². The molecular weight excluding hydrogens is 270 g/mol. The van der Waals surface area contributed by atoms with Gasteiger partial charge in [0.15, 0.2) is 6.04 Å². The first kappa shape index (κ1) is 16.3. The first-order chi connectivity index (χ1) is 9.72. The van der Waals surface area contributed by atoms with Crippen LogP contribution in [0.3, 0.4) is 0 Å². The molecule has 0 spiro atoms. The van der Waals surface area contributed by atoms with Crippen LogP contribution in [0.2, 0.25) is 0 Å². The van der Waals surface area contributed by atoms with Crippen molar-refractivity contribution in [3.8, 4) is 0 Å². The Morgan fingerprint density at radius 1 is 1.33 bits per heavy atom. The summed E-state index contributed by atoms with van der Waals surface area (Å²) in [5, 5.41) is 2.59. The average Bonchev–Trinajstić information content (AvgIpc) is 2.74. The molecule has 2 aliphatic carbocycles. The lowest BCUT2D eigenvalue weighted by Crippen LogP contribution is -2.46. The van der Waals surface area contributed by atoms with E-state index < -0.39 is 12.0 Å². The van der Waals surface area contributed by atoms with Gasteiger partial charge < -0.3 is 14.8 Å². The highest BCUT2D eigenvalue weighted by Gasteiger charge is 2.61. The highest BCUT2D eigenvalue weighted by molar-refractivity contribution is 5.83. The minimum atomic E-state index is -0.724. The SMILES string of the molecule is COC(=O)C(COC1CC2CCC1(C)C2(C)C)NC(C)=O. The molecular formula is C16H27NO4. The van der Waals surface area contributed by atoms with Crippen LogP contribution >= 0.6 is 0 Å². The second kappa shape index (κ2) is 5.59. The minimum Gasteiger partial charge on any atom is -0.467 e. The molecule has 4 unspecified atom stereocenters. The van der Waals surface area contributed by atoms with E-state index in [9.17, 15) is 9.59 Å². The summed E-state index contributed by atoms with van der Waals surface area (Å²) in [6.45, 7) is 8.49. The standard InChI is InChI=1S/C16H27NO4/c1-10(18)17-12(14(19)20-5)9-21-13-8-11-6-7-16(13,4)15(11,2)3/h11-13H,6-9H2,1-5H3,(H,17,18). The number of esters is 1. The number of hydrogen-bond acceptors (Lipinski definition) is 4. The van der Waals surface area contributed by atoms with Crippen LogP contribution in [0.4, 0.5) is 0 Å². The molecule has 1 amide bonds. The smallest absolute Gasteiger partial charge is 0.330 e. The molecule has 0 radical (unpaired) electrons.